The Hall–Kier alpha value is -3.79. The minimum atomic E-state index is -4.13. The lowest BCUT2D eigenvalue weighted by molar-refractivity contribution is 0.373. The first-order valence-electron chi connectivity index (χ1n) is 9.10. The highest BCUT2D eigenvalue weighted by Gasteiger charge is 2.28. The van der Waals surface area contributed by atoms with Gasteiger partial charge in [0.15, 0.2) is 16.3 Å². The molecule has 0 radical (unpaired) electrons. The summed E-state index contributed by atoms with van der Waals surface area (Å²) in [5, 5.41) is 4.31. The summed E-state index contributed by atoms with van der Waals surface area (Å²) in [5.74, 6) is 0.648. The first-order chi connectivity index (χ1) is 15.0. The van der Waals surface area contributed by atoms with Crippen LogP contribution in [-0.4, -0.2) is 39.9 Å². The van der Waals surface area contributed by atoms with E-state index in [-0.39, 0.29) is 22.2 Å². The number of fused-ring (bicyclic) bond motifs is 1. The predicted molar refractivity (Wildman–Crippen MR) is 114 cm³/mol. The Kier molecular flexibility index (Phi) is 5.38. The molecule has 0 aliphatic rings. The van der Waals surface area contributed by atoms with E-state index in [1.807, 2.05) is 12.1 Å². The summed E-state index contributed by atoms with van der Waals surface area (Å²) in [6.07, 6.45) is 3.35. The average Bonchev–Trinajstić information content (AvgIpc) is 3.20. The van der Waals surface area contributed by atoms with Gasteiger partial charge in [0.05, 0.1) is 21.3 Å². The molecule has 31 heavy (non-hydrogen) atoms. The van der Waals surface area contributed by atoms with Crippen LogP contribution >= 0.6 is 0 Å². The van der Waals surface area contributed by atoms with Crippen molar-refractivity contribution < 1.29 is 27.2 Å². The Morgan fingerprint density at radius 3 is 2.13 bits per heavy atom. The van der Waals surface area contributed by atoms with Gasteiger partial charge in [-0.25, -0.2) is 8.42 Å². The second kappa shape index (κ2) is 8.15. The highest BCUT2D eigenvalue weighted by Crippen LogP contribution is 2.39. The Bertz CT molecular complexity index is 1310. The highest BCUT2D eigenvalue weighted by molar-refractivity contribution is 7.93. The van der Waals surface area contributed by atoms with Gasteiger partial charge in [-0.15, -0.1) is 0 Å². The number of pyridine rings is 1. The topological polar surface area (TPSA) is 113 Å². The summed E-state index contributed by atoms with van der Waals surface area (Å²) < 4.78 is 50.2. The summed E-state index contributed by atoms with van der Waals surface area (Å²) in [7, 11) is 0.108. The maximum Gasteiger partial charge on any atom is 0.270 e. The van der Waals surface area contributed by atoms with E-state index in [0.29, 0.717) is 16.7 Å². The number of methoxy groups -OCH3 is 3. The summed E-state index contributed by atoms with van der Waals surface area (Å²) in [6, 6.07) is 11.9. The van der Waals surface area contributed by atoms with Crippen molar-refractivity contribution in [3.63, 3.8) is 0 Å². The molecule has 0 saturated carbocycles. The van der Waals surface area contributed by atoms with Crippen molar-refractivity contribution in [2.24, 2.45) is 0 Å². The number of hydrogen-bond acceptors (Lipinski definition) is 8. The highest BCUT2D eigenvalue weighted by atomic mass is 32.2. The summed E-state index contributed by atoms with van der Waals surface area (Å²) in [5.41, 5.74) is 2.06. The molecule has 10 heteroatoms. The lowest BCUT2D eigenvalue weighted by Gasteiger charge is -2.14. The molecule has 0 saturated heterocycles. The van der Waals surface area contributed by atoms with Crippen molar-refractivity contribution in [3.05, 3.63) is 54.9 Å². The molecule has 2 aromatic heterocycles. The molecule has 0 fully saturated rings. The van der Waals surface area contributed by atoms with Gasteiger partial charge in [-0.3, -0.25) is 9.71 Å². The van der Waals surface area contributed by atoms with Gasteiger partial charge in [0.2, 0.25) is 0 Å². The molecule has 0 atom stereocenters. The van der Waals surface area contributed by atoms with Crippen LogP contribution in [0.4, 0.5) is 5.82 Å². The molecule has 4 rings (SSSR count). The van der Waals surface area contributed by atoms with E-state index in [4.69, 9.17) is 18.7 Å². The van der Waals surface area contributed by atoms with Crippen LogP contribution in [0.3, 0.4) is 0 Å². The Balaban J connectivity index is 1.82. The van der Waals surface area contributed by atoms with Gasteiger partial charge >= 0.3 is 0 Å². The normalized spacial score (nSPS) is 11.3. The van der Waals surface area contributed by atoms with E-state index in [9.17, 15) is 8.42 Å². The Morgan fingerprint density at radius 2 is 1.52 bits per heavy atom. The van der Waals surface area contributed by atoms with E-state index in [2.05, 4.69) is 14.9 Å². The molecular formula is C21H19N3O6S. The first-order valence-corrected chi connectivity index (χ1v) is 10.6. The second-order valence-corrected chi connectivity index (χ2v) is 8.04. The van der Waals surface area contributed by atoms with Gasteiger partial charge in [0.1, 0.15) is 22.6 Å². The quantitative estimate of drug-likeness (QED) is 0.462. The van der Waals surface area contributed by atoms with Gasteiger partial charge in [-0.1, -0.05) is 11.2 Å². The molecule has 160 valence electrons. The Morgan fingerprint density at radius 1 is 0.871 bits per heavy atom. The van der Waals surface area contributed by atoms with Gasteiger partial charge in [0, 0.05) is 12.4 Å². The Labute approximate surface area is 178 Å². The summed E-state index contributed by atoms with van der Waals surface area (Å²) in [4.78, 5) is 3.86. The van der Waals surface area contributed by atoms with Crippen molar-refractivity contribution in [2.45, 2.75) is 4.90 Å². The number of rotatable bonds is 7. The number of nitrogens with zero attached hydrogens (tertiary/aromatic N) is 2. The van der Waals surface area contributed by atoms with Gasteiger partial charge in [0.25, 0.3) is 10.0 Å². The standard InChI is InChI=1S/C21H19N3O6S/c1-27-15-5-4-6-16(28-2)20(15)31(25,26)24-21-19-17(29-3)11-14(12-18(19)30-23-21)13-7-9-22-10-8-13/h4-12H,1-3H3,(H,23,24). The SMILES string of the molecule is COc1cccc(OC)c1S(=O)(=O)Nc1noc2cc(-c3ccncc3)cc(OC)c12. The van der Waals surface area contributed by atoms with Gasteiger partial charge < -0.3 is 18.7 Å². The summed E-state index contributed by atoms with van der Waals surface area (Å²) in [6.45, 7) is 0. The predicted octanol–water partition coefficient (Wildman–Crippen LogP) is 3.72. The molecule has 2 aromatic carbocycles. The minimum absolute atomic E-state index is 0.0129. The lowest BCUT2D eigenvalue weighted by Crippen LogP contribution is -2.15. The van der Waals surface area contributed by atoms with E-state index in [0.717, 1.165) is 11.1 Å². The number of nitrogens with one attached hydrogen (secondary N) is 1. The third-order valence-electron chi connectivity index (χ3n) is 4.65. The van der Waals surface area contributed by atoms with Gasteiger partial charge in [-0.2, -0.15) is 0 Å². The molecule has 0 unspecified atom stereocenters. The molecule has 0 bridgehead atoms. The molecule has 9 nitrogen and oxygen atoms in total. The van der Waals surface area contributed by atoms with Crippen LogP contribution in [0.15, 0.2) is 64.3 Å². The smallest absolute Gasteiger partial charge is 0.270 e. The summed E-state index contributed by atoms with van der Waals surface area (Å²) >= 11 is 0. The van der Waals surface area contributed by atoms with Crippen LogP contribution in [0.1, 0.15) is 0 Å². The molecule has 0 amide bonds. The molecule has 0 spiro atoms. The third-order valence-corrected chi connectivity index (χ3v) is 6.06. The fraction of sp³-hybridized carbons (Fsp3) is 0.143. The van der Waals surface area contributed by atoms with E-state index in [1.165, 1.54) is 33.5 Å². The molecule has 0 aliphatic carbocycles. The number of benzene rings is 2. The molecule has 0 aliphatic heterocycles. The number of sulfonamides is 1. The average molecular weight is 441 g/mol. The van der Waals surface area contributed by atoms with E-state index < -0.39 is 10.0 Å². The fourth-order valence-electron chi connectivity index (χ4n) is 3.24. The monoisotopic (exact) mass is 441 g/mol. The molecule has 1 N–H and O–H groups in total. The number of anilines is 1. The van der Waals surface area contributed by atoms with Crippen molar-refractivity contribution in [1.29, 1.82) is 0 Å². The second-order valence-electron chi connectivity index (χ2n) is 6.42. The van der Waals surface area contributed by atoms with Crippen LogP contribution in [0.5, 0.6) is 17.2 Å². The lowest BCUT2D eigenvalue weighted by atomic mass is 10.0. The van der Waals surface area contributed by atoms with Crippen molar-refractivity contribution in [3.8, 4) is 28.4 Å². The maximum absolute atomic E-state index is 13.2. The van der Waals surface area contributed by atoms with Crippen LogP contribution in [0.25, 0.3) is 22.1 Å². The minimum Gasteiger partial charge on any atom is -0.496 e. The van der Waals surface area contributed by atoms with Crippen LogP contribution in [0.2, 0.25) is 0 Å². The fourth-order valence-corrected chi connectivity index (χ4v) is 4.57. The molecular weight excluding hydrogens is 422 g/mol. The van der Waals surface area contributed by atoms with Crippen molar-refractivity contribution in [1.82, 2.24) is 10.1 Å². The number of hydrogen-bond donors (Lipinski definition) is 1. The van der Waals surface area contributed by atoms with Crippen LogP contribution in [0, 0.1) is 0 Å². The first kappa shape index (κ1) is 20.5. The zero-order valence-corrected chi connectivity index (χ0v) is 17.8. The molecule has 4 aromatic rings. The molecule has 2 heterocycles. The zero-order valence-electron chi connectivity index (χ0n) is 16.9. The number of aromatic nitrogens is 2. The van der Waals surface area contributed by atoms with E-state index in [1.54, 1.807) is 30.6 Å². The van der Waals surface area contributed by atoms with Crippen molar-refractivity contribution in [2.75, 3.05) is 26.1 Å². The van der Waals surface area contributed by atoms with Crippen LogP contribution in [-0.2, 0) is 10.0 Å². The van der Waals surface area contributed by atoms with Gasteiger partial charge in [-0.05, 0) is 47.5 Å². The van der Waals surface area contributed by atoms with Crippen molar-refractivity contribution >= 4 is 26.8 Å². The number of ether oxygens (including phenoxy) is 3. The maximum atomic E-state index is 13.2. The zero-order chi connectivity index (χ0) is 22.0. The van der Waals surface area contributed by atoms with Crippen LogP contribution < -0.4 is 18.9 Å². The largest absolute Gasteiger partial charge is 0.496 e. The third kappa shape index (κ3) is 3.73. The van der Waals surface area contributed by atoms with E-state index >= 15 is 0 Å².